The molecule has 3 aliphatic rings. The van der Waals surface area contributed by atoms with Crippen molar-refractivity contribution in [2.24, 2.45) is 0 Å². The SMILES string of the molecule is Nc1cc2c(cc1N1Cc3c(cc(-c4ncon4)nc3C3CC3)NC1=O)OC(c1ncccc1F)CC2. The van der Waals surface area contributed by atoms with Gasteiger partial charge in [0.15, 0.2) is 0 Å². The summed E-state index contributed by atoms with van der Waals surface area (Å²) in [4.78, 5) is 28.0. The Hall–Kier alpha value is -4.54. The number of nitrogens with one attached hydrogen (secondary N) is 1. The van der Waals surface area contributed by atoms with Crippen LogP contribution >= 0.6 is 0 Å². The molecule has 37 heavy (non-hydrogen) atoms. The minimum absolute atomic E-state index is 0.272. The molecule has 3 N–H and O–H groups in total. The van der Waals surface area contributed by atoms with E-state index in [-0.39, 0.29) is 11.7 Å². The van der Waals surface area contributed by atoms with Crippen LogP contribution in [0, 0.1) is 5.82 Å². The fourth-order valence-corrected chi connectivity index (χ4v) is 5.07. The Balaban J connectivity index is 1.24. The number of hydrogen-bond donors (Lipinski definition) is 2. The van der Waals surface area contributed by atoms with Gasteiger partial charge in [-0.05, 0) is 55.5 Å². The molecule has 11 heteroatoms. The number of benzene rings is 1. The number of rotatable bonds is 4. The number of nitrogens with two attached hydrogens (primary N) is 1. The highest BCUT2D eigenvalue weighted by atomic mass is 19.1. The molecule has 1 aliphatic carbocycles. The quantitative estimate of drug-likeness (QED) is 0.385. The van der Waals surface area contributed by atoms with Gasteiger partial charge in [-0.15, -0.1) is 0 Å². The third-order valence-corrected chi connectivity index (χ3v) is 7.05. The fourth-order valence-electron chi connectivity index (χ4n) is 5.07. The second-order valence-electron chi connectivity index (χ2n) is 9.50. The van der Waals surface area contributed by atoms with Crippen molar-refractivity contribution in [3.8, 4) is 17.3 Å². The highest BCUT2D eigenvalue weighted by Crippen LogP contribution is 2.46. The van der Waals surface area contributed by atoms with Crippen LogP contribution in [0.4, 0.5) is 26.2 Å². The van der Waals surface area contributed by atoms with Crippen molar-refractivity contribution >= 4 is 23.1 Å². The molecular formula is C26H22FN7O3. The van der Waals surface area contributed by atoms with Gasteiger partial charge in [-0.25, -0.2) is 14.2 Å². The molecule has 7 rings (SSSR count). The van der Waals surface area contributed by atoms with Crippen LogP contribution in [-0.4, -0.2) is 26.1 Å². The van der Waals surface area contributed by atoms with E-state index in [2.05, 4.69) is 20.4 Å². The predicted octanol–water partition coefficient (Wildman–Crippen LogP) is 4.74. The zero-order valence-electron chi connectivity index (χ0n) is 19.6. The first-order valence-corrected chi connectivity index (χ1v) is 12.1. The van der Waals surface area contributed by atoms with E-state index in [1.165, 1.54) is 12.5 Å². The van der Waals surface area contributed by atoms with Gasteiger partial charge in [-0.1, -0.05) is 5.16 Å². The van der Waals surface area contributed by atoms with Gasteiger partial charge in [0, 0.05) is 23.7 Å². The van der Waals surface area contributed by atoms with Gasteiger partial charge in [0.2, 0.25) is 12.2 Å². The monoisotopic (exact) mass is 499 g/mol. The number of aryl methyl sites for hydroxylation is 1. The summed E-state index contributed by atoms with van der Waals surface area (Å²) < 4.78 is 25.4. The fraction of sp³-hybridized carbons (Fsp3) is 0.269. The predicted molar refractivity (Wildman–Crippen MR) is 131 cm³/mol. The summed E-state index contributed by atoms with van der Waals surface area (Å²) in [7, 11) is 0. The van der Waals surface area contributed by atoms with Gasteiger partial charge in [0.25, 0.3) is 0 Å². The molecule has 1 aromatic carbocycles. The Morgan fingerprint density at radius 3 is 2.81 bits per heavy atom. The largest absolute Gasteiger partial charge is 0.484 e. The second-order valence-corrected chi connectivity index (χ2v) is 9.50. The Morgan fingerprint density at radius 1 is 1.14 bits per heavy atom. The van der Waals surface area contributed by atoms with Crippen molar-refractivity contribution in [3.05, 3.63) is 71.3 Å². The number of halogens is 1. The van der Waals surface area contributed by atoms with Crippen LogP contribution < -0.4 is 20.7 Å². The van der Waals surface area contributed by atoms with Crippen LogP contribution in [0.2, 0.25) is 0 Å². The number of urea groups is 1. The number of aromatic nitrogens is 4. The number of carbonyl (C=O) groups excluding carboxylic acids is 1. The van der Waals surface area contributed by atoms with Gasteiger partial charge in [-0.2, -0.15) is 4.98 Å². The molecule has 0 spiro atoms. The first-order chi connectivity index (χ1) is 18.0. The smallest absolute Gasteiger partial charge is 0.326 e. The Labute approximate surface area is 210 Å². The Bertz CT molecular complexity index is 1540. The van der Waals surface area contributed by atoms with Crippen molar-refractivity contribution < 1.29 is 18.4 Å². The van der Waals surface area contributed by atoms with Crippen molar-refractivity contribution in [1.82, 2.24) is 20.1 Å². The molecule has 0 radical (unpaired) electrons. The lowest BCUT2D eigenvalue weighted by Crippen LogP contribution is -2.40. The number of anilines is 3. The van der Waals surface area contributed by atoms with Crippen LogP contribution in [-0.2, 0) is 13.0 Å². The van der Waals surface area contributed by atoms with Crippen LogP contribution in [0.5, 0.6) is 5.75 Å². The summed E-state index contributed by atoms with van der Waals surface area (Å²) >= 11 is 0. The lowest BCUT2D eigenvalue weighted by Gasteiger charge is -2.33. The molecule has 10 nitrogen and oxygen atoms in total. The zero-order chi connectivity index (χ0) is 25.1. The maximum Gasteiger partial charge on any atom is 0.326 e. The highest BCUT2D eigenvalue weighted by molar-refractivity contribution is 6.06. The van der Waals surface area contributed by atoms with E-state index < -0.39 is 11.9 Å². The summed E-state index contributed by atoms with van der Waals surface area (Å²) in [6.45, 7) is 0.299. The number of nitrogens with zero attached hydrogens (tertiary/aromatic N) is 5. The Morgan fingerprint density at radius 2 is 2.03 bits per heavy atom. The van der Waals surface area contributed by atoms with Crippen molar-refractivity contribution in [2.45, 2.75) is 44.2 Å². The first-order valence-electron chi connectivity index (χ1n) is 12.1. The van der Waals surface area contributed by atoms with Gasteiger partial charge >= 0.3 is 6.03 Å². The van der Waals surface area contributed by atoms with Crippen molar-refractivity contribution in [2.75, 3.05) is 16.0 Å². The van der Waals surface area contributed by atoms with Gasteiger partial charge < -0.3 is 20.3 Å². The van der Waals surface area contributed by atoms with Crippen molar-refractivity contribution in [3.63, 3.8) is 0 Å². The molecule has 4 aromatic rings. The van der Waals surface area contributed by atoms with E-state index in [0.717, 1.165) is 29.7 Å². The van der Waals surface area contributed by atoms with E-state index in [1.807, 2.05) is 6.07 Å². The number of pyridine rings is 2. The number of hydrogen-bond acceptors (Lipinski definition) is 8. The maximum absolute atomic E-state index is 14.4. The molecule has 2 amide bonds. The van der Waals surface area contributed by atoms with Crippen LogP contribution in [0.15, 0.2) is 47.4 Å². The number of amides is 2. The highest BCUT2D eigenvalue weighted by Gasteiger charge is 2.36. The van der Waals surface area contributed by atoms with E-state index in [1.54, 1.807) is 29.3 Å². The van der Waals surface area contributed by atoms with Crippen molar-refractivity contribution in [1.29, 1.82) is 0 Å². The second kappa shape index (κ2) is 8.26. The summed E-state index contributed by atoms with van der Waals surface area (Å²) in [5, 5.41) is 6.88. The van der Waals surface area contributed by atoms with E-state index in [9.17, 15) is 9.18 Å². The van der Waals surface area contributed by atoms with Gasteiger partial charge in [-0.3, -0.25) is 9.88 Å². The number of carbonyl (C=O) groups is 1. The lowest BCUT2D eigenvalue weighted by molar-refractivity contribution is 0.167. The number of nitrogen functional groups attached to an aromatic ring is 1. The first kappa shape index (κ1) is 21.7. The molecule has 186 valence electrons. The number of fused-ring (bicyclic) bond motifs is 2. The lowest BCUT2D eigenvalue weighted by atomic mass is 9.98. The molecular weight excluding hydrogens is 477 g/mol. The molecule has 0 saturated heterocycles. The standard InChI is InChI=1S/C26H22FN7O3/c27-16-2-1-7-29-24(16)21-6-5-14-8-17(28)20(10-22(14)37-21)34-11-15-18(32-26(34)35)9-19(25-30-12-36-33-25)31-23(15)13-3-4-13/h1-2,7-10,12-13,21H,3-6,11,28H2,(H,32,35). The maximum atomic E-state index is 14.4. The molecule has 1 atom stereocenters. The van der Waals surface area contributed by atoms with Gasteiger partial charge in [0.05, 0.1) is 29.3 Å². The molecule has 1 fully saturated rings. The molecule has 1 unspecified atom stereocenters. The van der Waals surface area contributed by atoms with Crippen LogP contribution in [0.25, 0.3) is 11.5 Å². The average Bonchev–Trinajstić information content (AvgIpc) is 3.60. The summed E-state index contributed by atoms with van der Waals surface area (Å²) in [6, 6.07) is 7.97. The number of ether oxygens (including phenoxy) is 1. The third kappa shape index (κ3) is 3.74. The molecule has 0 bridgehead atoms. The van der Waals surface area contributed by atoms with Crippen LogP contribution in [0.1, 0.15) is 53.8 Å². The van der Waals surface area contributed by atoms with E-state index >= 15 is 0 Å². The molecule has 2 aliphatic heterocycles. The average molecular weight is 500 g/mol. The molecule has 1 saturated carbocycles. The summed E-state index contributed by atoms with van der Waals surface area (Å²) in [6.07, 6.45) is 5.58. The summed E-state index contributed by atoms with van der Waals surface area (Å²) in [5.41, 5.74) is 11.7. The van der Waals surface area contributed by atoms with E-state index in [0.29, 0.717) is 59.6 Å². The zero-order valence-corrected chi connectivity index (χ0v) is 19.6. The minimum atomic E-state index is -0.518. The molecule has 3 aromatic heterocycles. The van der Waals surface area contributed by atoms with E-state index in [4.69, 9.17) is 20.0 Å². The van der Waals surface area contributed by atoms with Crippen LogP contribution in [0.3, 0.4) is 0 Å². The minimum Gasteiger partial charge on any atom is -0.484 e. The molecule has 5 heterocycles. The van der Waals surface area contributed by atoms with Gasteiger partial charge in [0.1, 0.15) is 29.1 Å². The summed E-state index contributed by atoms with van der Waals surface area (Å²) in [5.74, 6) is 0.850. The Kier molecular flexibility index (Phi) is 4.85. The normalized spacial score (nSPS) is 18.6. The third-order valence-electron chi connectivity index (χ3n) is 7.05. The topological polar surface area (TPSA) is 132 Å².